The molecule has 0 atom stereocenters. The third kappa shape index (κ3) is 3.70. The molecule has 0 aliphatic carbocycles. The number of rotatable bonds is 5. The zero-order valence-corrected chi connectivity index (χ0v) is 12.4. The molecule has 0 aliphatic rings. The van der Waals surface area contributed by atoms with Gasteiger partial charge in [0.15, 0.2) is 0 Å². The van der Waals surface area contributed by atoms with Crippen LogP contribution < -0.4 is 0 Å². The summed E-state index contributed by atoms with van der Waals surface area (Å²) in [4.78, 5) is 5.26. The predicted octanol–water partition coefficient (Wildman–Crippen LogP) is 4.25. The Kier molecular flexibility index (Phi) is 4.58. The van der Waals surface area contributed by atoms with Gasteiger partial charge >= 0.3 is 0 Å². The summed E-state index contributed by atoms with van der Waals surface area (Å²) in [6.07, 6.45) is 1.15. The molecule has 0 bridgehead atoms. The van der Waals surface area contributed by atoms with Gasteiger partial charge < -0.3 is 4.90 Å². The van der Waals surface area contributed by atoms with Crippen molar-refractivity contribution in [3.8, 4) is 0 Å². The van der Waals surface area contributed by atoms with Crippen LogP contribution in [0, 0.1) is 0 Å². The number of hydrogen-bond donors (Lipinski definition) is 0. The van der Waals surface area contributed by atoms with E-state index in [0.29, 0.717) is 0 Å². The first-order chi connectivity index (χ1) is 7.74. The largest absolute Gasteiger partial charge is 0.301 e. The van der Waals surface area contributed by atoms with E-state index in [9.17, 15) is 0 Å². The molecular weight excluding hydrogens is 302 g/mol. The van der Waals surface area contributed by atoms with Crippen LogP contribution in [-0.4, -0.2) is 18.5 Å². The van der Waals surface area contributed by atoms with Gasteiger partial charge in [-0.1, -0.05) is 6.07 Å². The summed E-state index contributed by atoms with van der Waals surface area (Å²) in [5.74, 6) is 0. The maximum absolute atomic E-state index is 3.49. The SMILES string of the molecule is CN(CCc1cccs1)Cc1cc(Br)cs1. The lowest BCUT2D eigenvalue weighted by atomic mass is 10.3. The van der Waals surface area contributed by atoms with E-state index in [-0.39, 0.29) is 0 Å². The Balaban J connectivity index is 1.78. The molecule has 2 heterocycles. The molecule has 0 fully saturated rings. The number of nitrogens with zero attached hydrogens (tertiary/aromatic N) is 1. The number of hydrogen-bond acceptors (Lipinski definition) is 3. The molecule has 0 N–H and O–H groups in total. The van der Waals surface area contributed by atoms with E-state index >= 15 is 0 Å². The lowest BCUT2D eigenvalue weighted by Crippen LogP contribution is -2.19. The average Bonchev–Trinajstić information content (AvgIpc) is 2.87. The van der Waals surface area contributed by atoms with Crippen molar-refractivity contribution in [2.75, 3.05) is 13.6 Å². The van der Waals surface area contributed by atoms with Gasteiger partial charge in [0, 0.05) is 32.7 Å². The van der Waals surface area contributed by atoms with Gasteiger partial charge in [0.2, 0.25) is 0 Å². The zero-order chi connectivity index (χ0) is 11.4. The fraction of sp³-hybridized carbons (Fsp3) is 0.333. The van der Waals surface area contributed by atoms with E-state index < -0.39 is 0 Å². The van der Waals surface area contributed by atoms with E-state index in [1.54, 1.807) is 0 Å². The first kappa shape index (κ1) is 12.3. The molecule has 0 aromatic carbocycles. The summed E-state index contributed by atoms with van der Waals surface area (Å²) in [5.41, 5.74) is 0. The molecule has 0 saturated heterocycles. The van der Waals surface area contributed by atoms with Gasteiger partial charge in [-0.05, 0) is 46.9 Å². The van der Waals surface area contributed by atoms with Crippen molar-refractivity contribution in [3.05, 3.63) is 43.2 Å². The van der Waals surface area contributed by atoms with Crippen LogP contribution in [0.15, 0.2) is 33.4 Å². The minimum Gasteiger partial charge on any atom is -0.301 e. The second-order valence-electron chi connectivity index (χ2n) is 3.80. The summed E-state index contributed by atoms with van der Waals surface area (Å²) < 4.78 is 1.19. The van der Waals surface area contributed by atoms with Gasteiger partial charge in [0.1, 0.15) is 0 Å². The van der Waals surface area contributed by atoms with Gasteiger partial charge in [-0.15, -0.1) is 22.7 Å². The number of halogens is 1. The second kappa shape index (κ2) is 5.96. The van der Waals surface area contributed by atoms with E-state index in [1.807, 2.05) is 22.7 Å². The summed E-state index contributed by atoms with van der Waals surface area (Å²) in [6.45, 7) is 2.16. The molecule has 0 amide bonds. The monoisotopic (exact) mass is 315 g/mol. The molecule has 86 valence electrons. The second-order valence-corrected chi connectivity index (χ2v) is 6.74. The molecule has 0 radical (unpaired) electrons. The van der Waals surface area contributed by atoms with Gasteiger partial charge in [-0.2, -0.15) is 0 Å². The topological polar surface area (TPSA) is 3.24 Å². The molecule has 0 unspecified atom stereocenters. The van der Waals surface area contributed by atoms with Crippen molar-refractivity contribution < 1.29 is 0 Å². The van der Waals surface area contributed by atoms with Crippen molar-refractivity contribution in [2.24, 2.45) is 0 Å². The van der Waals surface area contributed by atoms with Crippen LogP contribution >= 0.6 is 38.6 Å². The summed E-state index contributed by atoms with van der Waals surface area (Å²) >= 11 is 7.15. The highest BCUT2D eigenvalue weighted by atomic mass is 79.9. The van der Waals surface area contributed by atoms with Crippen molar-refractivity contribution in [1.29, 1.82) is 0 Å². The Morgan fingerprint density at radius 3 is 2.81 bits per heavy atom. The number of likely N-dealkylation sites (N-methyl/N-ethyl adjacent to an activating group) is 1. The Hall–Kier alpha value is -0.160. The Morgan fingerprint density at radius 2 is 2.19 bits per heavy atom. The minimum atomic E-state index is 1.04. The maximum atomic E-state index is 3.49. The first-order valence-corrected chi connectivity index (χ1v) is 7.73. The van der Waals surface area contributed by atoms with Crippen LogP contribution in [0.2, 0.25) is 0 Å². The number of thiophene rings is 2. The van der Waals surface area contributed by atoms with Crippen LogP contribution in [0.4, 0.5) is 0 Å². The maximum Gasteiger partial charge on any atom is 0.0325 e. The molecule has 0 aliphatic heterocycles. The van der Waals surface area contributed by atoms with Crippen molar-refractivity contribution in [1.82, 2.24) is 4.90 Å². The third-order valence-corrected chi connectivity index (χ3v) is 4.99. The van der Waals surface area contributed by atoms with Crippen LogP contribution in [0.5, 0.6) is 0 Å². The lowest BCUT2D eigenvalue weighted by Gasteiger charge is -2.14. The highest BCUT2D eigenvalue weighted by molar-refractivity contribution is 9.10. The Labute approximate surface area is 113 Å². The van der Waals surface area contributed by atoms with Crippen LogP contribution in [0.25, 0.3) is 0 Å². The smallest absolute Gasteiger partial charge is 0.0325 e. The van der Waals surface area contributed by atoms with Crippen LogP contribution in [0.1, 0.15) is 9.75 Å². The Bertz CT molecular complexity index is 422. The molecule has 0 spiro atoms. The predicted molar refractivity (Wildman–Crippen MR) is 76.4 cm³/mol. The molecule has 1 nitrogen and oxygen atoms in total. The normalized spacial score (nSPS) is 11.2. The summed E-state index contributed by atoms with van der Waals surface area (Å²) in [6, 6.07) is 6.53. The van der Waals surface area contributed by atoms with E-state index in [4.69, 9.17) is 0 Å². The van der Waals surface area contributed by atoms with Crippen molar-refractivity contribution in [2.45, 2.75) is 13.0 Å². The molecule has 2 aromatic rings. The fourth-order valence-electron chi connectivity index (χ4n) is 1.54. The van der Waals surface area contributed by atoms with Crippen LogP contribution in [0.3, 0.4) is 0 Å². The van der Waals surface area contributed by atoms with E-state index in [1.165, 1.54) is 14.2 Å². The molecule has 2 aromatic heterocycles. The third-order valence-electron chi connectivity index (χ3n) is 2.37. The van der Waals surface area contributed by atoms with Crippen molar-refractivity contribution in [3.63, 3.8) is 0 Å². The lowest BCUT2D eigenvalue weighted by molar-refractivity contribution is 0.335. The summed E-state index contributed by atoms with van der Waals surface area (Å²) in [5, 5.41) is 4.29. The highest BCUT2D eigenvalue weighted by Crippen LogP contribution is 2.21. The Morgan fingerprint density at radius 1 is 1.31 bits per heavy atom. The minimum absolute atomic E-state index is 1.04. The van der Waals surface area contributed by atoms with E-state index in [0.717, 1.165) is 19.5 Å². The molecule has 2 rings (SSSR count). The van der Waals surface area contributed by atoms with Gasteiger partial charge in [0.25, 0.3) is 0 Å². The van der Waals surface area contributed by atoms with Gasteiger partial charge in [-0.25, -0.2) is 0 Å². The molecule has 16 heavy (non-hydrogen) atoms. The highest BCUT2D eigenvalue weighted by Gasteiger charge is 2.03. The van der Waals surface area contributed by atoms with Gasteiger partial charge in [0.05, 0.1) is 0 Å². The van der Waals surface area contributed by atoms with E-state index in [2.05, 4.69) is 56.8 Å². The molecular formula is C12H14BrNS2. The van der Waals surface area contributed by atoms with Crippen LogP contribution in [-0.2, 0) is 13.0 Å². The standard InChI is InChI=1S/C12H14BrNS2/c1-14(5-4-11-3-2-6-15-11)8-12-7-10(13)9-16-12/h2-3,6-7,9H,4-5,8H2,1H3. The fourth-order valence-corrected chi connectivity index (χ4v) is 3.77. The molecule has 4 heteroatoms. The van der Waals surface area contributed by atoms with Crippen molar-refractivity contribution >= 4 is 38.6 Å². The quantitative estimate of drug-likeness (QED) is 0.797. The summed E-state index contributed by atoms with van der Waals surface area (Å²) in [7, 11) is 2.18. The molecule has 0 saturated carbocycles. The average molecular weight is 316 g/mol. The first-order valence-electron chi connectivity index (χ1n) is 5.18. The van der Waals surface area contributed by atoms with Gasteiger partial charge in [-0.3, -0.25) is 0 Å². The zero-order valence-electron chi connectivity index (χ0n) is 9.15.